The fourth-order valence-corrected chi connectivity index (χ4v) is 2.45. The zero-order valence-corrected chi connectivity index (χ0v) is 12.5. The number of rotatable bonds is 5. The van der Waals surface area contributed by atoms with E-state index in [1.807, 2.05) is 43.3 Å². The van der Waals surface area contributed by atoms with Crippen LogP contribution in [0.25, 0.3) is 0 Å². The van der Waals surface area contributed by atoms with Gasteiger partial charge in [0.1, 0.15) is 11.5 Å². The van der Waals surface area contributed by atoms with Crippen molar-refractivity contribution < 1.29 is 9.47 Å². The second-order valence-corrected chi connectivity index (χ2v) is 5.60. The maximum Gasteiger partial charge on any atom is 0.121 e. The van der Waals surface area contributed by atoms with Gasteiger partial charge in [-0.3, -0.25) is 0 Å². The lowest BCUT2D eigenvalue weighted by molar-refractivity contribution is 0.303. The minimum Gasteiger partial charge on any atom is -0.496 e. The van der Waals surface area contributed by atoms with Gasteiger partial charge in [0.25, 0.3) is 0 Å². The molecule has 2 aromatic rings. The van der Waals surface area contributed by atoms with E-state index >= 15 is 0 Å². The van der Waals surface area contributed by atoms with E-state index in [-0.39, 0.29) is 6.04 Å². The molecule has 0 amide bonds. The number of aryl methyl sites for hydroxylation is 1. The molecule has 1 aliphatic carbocycles. The molecule has 21 heavy (non-hydrogen) atoms. The van der Waals surface area contributed by atoms with E-state index < -0.39 is 0 Å². The molecule has 3 heteroatoms. The van der Waals surface area contributed by atoms with E-state index in [1.54, 1.807) is 7.11 Å². The Kier molecular flexibility index (Phi) is 3.84. The minimum atomic E-state index is -0.155. The fourth-order valence-electron chi connectivity index (χ4n) is 2.45. The molecule has 0 saturated heterocycles. The van der Waals surface area contributed by atoms with Crippen molar-refractivity contribution in [3.63, 3.8) is 0 Å². The average Bonchev–Trinajstić information content (AvgIpc) is 3.30. The molecule has 0 radical (unpaired) electrons. The van der Waals surface area contributed by atoms with Crippen LogP contribution in [0.15, 0.2) is 42.5 Å². The second kappa shape index (κ2) is 5.78. The van der Waals surface area contributed by atoms with E-state index in [4.69, 9.17) is 15.2 Å². The number of nitrogens with two attached hydrogens (primary N) is 1. The Morgan fingerprint density at radius 1 is 1.10 bits per heavy atom. The maximum atomic E-state index is 6.40. The van der Waals surface area contributed by atoms with Crippen molar-refractivity contribution in [3.05, 3.63) is 59.2 Å². The van der Waals surface area contributed by atoms with Crippen LogP contribution in [0.5, 0.6) is 11.5 Å². The van der Waals surface area contributed by atoms with Crippen molar-refractivity contribution in [2.24, 2.45) is 5.73 Å². The second-order valence-electron chi connectivity index (χ2n) is 5.60. The number of ether oxygens (including phenoxy) is 2. The Bertz CT molecular complexity index is 635. The largest absolute Gasteiger partial charge is 0.496 e. The van der Waals surface area contributed by atoms with E-state index in [9.17, 15) is 0 Å². The lowest BCUT2D eigenvalue weighted by Crippen LogP contribution is -2.12. The van der Waals surface area contributed by atoms with Gasteiger partial charge in [0.2, 0.25) is 0 Å². The first-order valence-corrected chi connectivity index (χ1v) is 7.34. The monoisotopic (exact) mass is 283 g/mol. The average molecular weight is 283 g/mol. The normalized spacial score (nSPS) is 15.6. The summed E-state index contributed by atoms with van der Waals surface area (Å²) in [4.78, 5) is 0. The van der Waals surface area contributed by atoms with Crippen molar-refractivity contribution in [3.8, 4) is 11.5 Å². The molecule has 0 heterocycles. The number of hydrogen-bond donors (Lipinski definition) is 1. The van der Waals surface area contributed by atoms with Crippen molar-refractivity contribution in [2.45, 2.75) is 31.9 Å². The molecule has 1 atom stereocenters. The summed E-state index contributed by atoms with van der Waals surface area (Å²) in [6, 6.07) is 14.0. The van der Waals surface area contributed by atoms with Crippen LogP contribution in [0, 0.1) is 6.92 Å². The first-order chi connectivity index (χ1) is 10.2. The molecular weight excluding hydrogens is 262 g/mol. The highest BCUT2D eigenvalue weighted by molar-refractivity contribution is 5.42. The summed E-state index contributed by atoms with van der Waals surface area (Å²) in [6.07, 6.45) is 2.72. The lowest BCUT2D eigenvalue weighted by atomic mass is 9.98. The summed E-state index contributed by atoms with van der Waals surface area (Å²) < 4.78 is 11.1. The zero-order chi connectivity index (χ0) is 14.8. The summed E-state index contributed by atoms with van der Waals surface area (Å²) >= 11 is 0. The fraction of sp³-hybridized carbons (Fsp3) is 0.333. The summed E-state index contributed by atoms with van der Waals surface area (Å²) in [6.45, 7) is 2.03. The van der Waals surface area contributed by atoms with Crippen molar-refractivity contribution in [1.29, 1.82) is 0 Å². The summed E-state index contributed by atoms with van der Waals surface area (Å²) in [5.41, 5.74) is 9.64. The van der Waals surface area contributed by atoms with Gasteiger partial charge in [-0.05, 0) is 54.7 Å². The minimum absolute atomic E-state index is 0.155. The van der Waals surface area contributed by atoms with Gasteiger partial charge in [-0.2, -0.15) is 0 Å². The van der Waals surface area contributed by atoms with Crippen LogP contribution in [-0.2, 0) is 0 Å². The van der Waals surface area contributed by atoms with Crippen LogP contribution >= 0.6 is 0 Å². The Hall–Kier alpha value is -2.00. The first-order valence-electron chi connectivity index (χ1n) is 7.34. The molecule has 0 aliphatic heterocycles. The molecule has 0 aromatic heterocycles. The highest BCUT2D eigenvalue weighted by Crippen LogP contribution is 2.30. The van der Waals surface area contributed by atoms with Gasteiger partial charge in [0.15, 0.2) is 0 Å². The van der Waals surface area contributed by atoms with E-state index in [1.165, 1.54) is 0 Å². The molecule has 0 bridgehead atoms. The highest BCUT2D eigenvalue weighted by atomic mass is 16.5. The molecule has 1 saturated carbocycles. The Morgan fingerprint density at radius 3 is 2.52 bits per heavy atom. The van der Waals surface area contributed by atoms with E-state index in [2.05, 4.69) is 6.07 Å². The van der Waals surface area contributed by atoms with Gasteiger partial charge in [-0.25, -0.2) is 0 Å². The smallest absolute Gasteiger partial charge is 0.121 e. The van der Waals surface area contributed by atoms with Crippen LogP contribution < -0.4 is 15.2 Å². The predicted molar refractivity (Wildman–Crippen MR) is 83.9 cm³/mol. The summed E-state index contributed by atoms with van der Waals surface area (Å²) in [5, 5.41) is 0. The van der Waals surface area contributed by atoms with Crippen molar-refractivity contribution in [2.75, 3.05) is 7.11 Å². The summed E-state index contributed by atoms with van der Waals surface area (Å²) in [7, 11) is 1.68. The molecule has 1 fully saturated rings. The SMILES string of the molecule is COc1ccc(C(N)c2cccc(OC3CC3)c2)cc1C. The molecule has 2 aromatic carbocycles. The highest BCUT2D eigenvalue weighted by Gasteiger charge is 2.23. The number of hydrogen-bond acceptors (Lipinski definition) is 3. The number of methoxy groups -OCH3 is 1. The van der Waals surface area contributed by atoms with Crippen LogP contribution in [0.3, 0.4) is 0 Å². The van der Waals surface area contributed by atoms with E-state index in [0.29, 0.717) is 6.10 Å². The summed E-state index contributed by atoms with van der Waals surface area (Å²) in [5.74, 6) is 1.80. The van der Waals surface area contributed by atoms with Crippen LogP contribution in [0.4, 0.5) is 0 Å². The van der Waals surface area contributed by atoms with Gasteiger partial charge in [-0.1, -0.05) is 24.3 Å². The van der Waals surface area contributed by atoms with Gasteiger partial charge < -0.3 is 15.2 Å². The van der Waals surface area contributed by atoms with Gasteiger partial charge in [0.05, 0.1) is 19.3 Å². The van der Waals surface area contributed by atoms with Crippen molar-refractivity contribution in [1.82, 2.24) is 0 Å². The van der Waals surface area contributed by atoms with Crippen LogP contribution in [-0.4, -0.2) is 13.2 Å². The van der Waals surface area contributed by atoms with Crippen molar-refractivity contribution >= 4 is 0 Å². The van der Waals surface area contributed by atoms with Gasteiger partial charge >= 0.3 is 0 Å². The molecule has 3 rings (SSSR count). The third kappa shape index (κ3) is 3.19. The Morgan fingerprint density at radius 2 is 1.86 bits per heavy atom. The van der Waals surface area contributed by atoms with Crippen LogP contribution in [0.2, 0.25) is 0 Å². The number of benzene rings is 2. The third-order valence-corrected chi connectivity index (χ3v) is 3.82. The van der Waals surface area contributed by atoms with Gasteiger partial charge in [-0.15, -0.1) is 0 Å². The quantitative estimate of drug-likeness (QED) is 0.912. The molecule has 110 valence electrons. The predicted octanol–water partition coefficient (Wildman–Crippen LogP) is 3.59. The Labute approximate surface area is 125 Å². The molecule has 1 unspecified atom stereocenters. The molecule has 2 N–H and O–H groups in total. The molecule has 3 nitrogen and oxygen atoms in total. The molecule has 0 spiro atoms. The Balaban J connectivity index is 1.83. The van der Waals surface area contributed by atoms with E-state index in [0.717, 1.165) is 41.0 Å². The molecular formula is C18H21NO2. The lowest BCUT2D eigenvalue weighted by Gasteiger charge is -2.16. The van der Waals surface area contributed by atoms with Gasteiger partial charge in [0, 0.05) is 0 Å². The van der Waals surface area contributed by atoms with Crippen LogP contribution in [0.1, 0.15) is 35.6 Å². The third-order valence-electron chi connectivity index (χ3n) is 3.82. The first kappa shape index (κ1) is 14.0. The standard InChI is InChI=1S/C18H21NO2/c1-12-10-14(6-9-17(12)20-2)18(19)13-4-3-5-16(11-13)21-15-7-8-15/h3-6,9-11,15,18H,7-8,19H2,1-2H3. The maximum absolute atomic E-state index is 6.40. The molecule has 1 aliphatic rings. The zero-order valence-electron chi connectivity index (χ0n) is 12.5. The topological polar surface area (TPSA) is 44.5 Å².